The van der Waals surface area contributed by atoms with Crippen molar-refractivity contribution in [3.05, 3.63) is 30.3 Å². The number of carboxylic acid groups (broad SMARTS) is 1. The highest BCUT2D eigenvalue weighted by Gasteiger charge is 2.35. The molecule has 2 rings (SSSR count). The topological polar surface area (TPSA) is 60.9 Å². The molecule has 0 bridgehead atoms. The maximum Gasteiger partial charge on any atom is 0.317 e. The molecule has 1 fully saturated rings. The molecular formula is C13H17ClN2O3. The Labute approximate surface area is 118 Å². The first-order valence-corrected chi connectivity index (χ1v) is 5.88. The lowest BCUT2D eigenvalue weighted by Crippen LogP contribution is -2.42. The minimum absolute atomic E-state index is 0. The predicted octanol–water partition coefficient (Wildman–Crippen LogP) is 1.23. The van der Waals surface area contributed by atoms with E-state index in [1.807, 2.05) is 30.3 Å². The highest BCUT2D eigenvalue weighted by atomic mass is 35.5. The molecule has 19 heavy (non-hydrogen) atoms. The van der Waals surface area contributed by atoms with E-state index in [4.69, 9.17) is 5.11 Å². The van der Waals surface area contributed by atoms with Gasteiger partial charge in [-0.05, 0) is 25.6 Å². The quantitative estimate of drug-likeness (QED) is 0.903. The Morgan fingerprint density at radius 2 is 2.05 bits per heavy atom. The summed E-state index contributed by atoms with van der Waals surface area (Å²) in [4.78, 5) is 26.2. The van der Waals surface area contributed by atoms with Crippen LogP contribution in [0.3, 0.4) is 0 Å². The van der Waals surface area contributed by atoms with E-state index in [1.165, 1.54) is 0 Å². The molecule has 0 aliphatic carbocycles. The molecule has 0 saturated carbocycles. The molecule has 5 nitrogen and oxygen atoms in total. The predicted molar refractivity (Wildman–Crippen MR) is 74.7 cm³/mol. The minimum atomic E-state index is -0.913. The van der Waals surface area contributed by atoms with E-state index in [0.717, 1.165) is 5.69 Å². The van der Waals surface area contributed by atoms with Crippen molar-refractivity contribution >= 4 is 30.0 Å². The zero-order valence-electron chi connectivity index (χ0n) is 10.7. The van der Waals surface area contributed by atoms with Crippen molar-refractivity contribution in [2.45, 2.75) is 12.5 Å². The molecule has 0 aromatic heterocycles. The summed E-state index contributed by atoms with van der Waals surface area (Å²) in [5.74, 6) is -0.937. The van der Waals surface area contributed by atoms with Gasteiger partial charge in [0.05, 0.1) is 12.6 Å². The standard InChI is InChI=1S/C13H16N2O3.ClH/c1-14(9-12(16)17)11-7-8-15(13(11)18)10-5-3-2-4-6-10;/h2-6,11H,7-9H2,1H3,(H,16,17);1H. The van der Waals surface area contributed by atoms with Gasteiger partial charge in [0.2, 0.25) is 5.91 Å². The van der Waals surface area contributed by atoms with Gasteiger partial charge in [-0.1, -0.05) is 18.2 Å². The number of carbonyl (C=O) groups is 2. The summed E-state index contributed by atoms with van der Waals surface area (Å²) in [6, 6.07) is 9.11. The van der Waals surface area contributed by atoms with Crippen LogP contribution in [-0.4, -0.2) is 48.1 Å². The van der Waals surface area contributed by atoms with E-state index in [1.54, 1.807) is 16.8 Å². The molecule has 1 unspecified atom stereocenters. The molecule has 1 N–H and O–H groups in total. The first-order valence-electron chi connectivity index (χ1n) is 5.88. The lowest BCUT2D eigenvalue weighted by atomic mass is 10.2. The number of hydrogen-bond acceptors (Lipinski definition) is 3. The van der Waals surface area contributed by atoms with Gasteiger partial charge in [0.15, 0.2) is 0 Å². The maximum atomic E-state index is 12.2. The SMILES string of the molecule is CN(CC(=O)O)C1CCN(c2ccccc2)C1=O.Cl. The lowest BCUT2D eigenvalue weighted by molar-refractivity contribution is -0.138. The molecule has 0 spiro atoms. The van der Waals surface area contributed by atoms with E-state index < -0.39 is 5.97 Å². The molecule has 1 saturated heterocycles. The fourth-order valence-corrected chi connectivity index (χ4v) is 2.26. The fraction of sp³-hybridized carbons (Fsp3) is 0.385. The third-order valence-corrected chi connectivity index (χ3v) is 3.16. The summed E-state index contributed by atoms with van der Waals surface area (Å²) < 4.78 is 0. The largest absolute Gasteiger partial charge is 0.480 e. The van der Waals surface area contributed by atoms with E-state index >= 15 is 0 Å². The average molecular weight is 285 g/mol. The fourth-order valence-electron chi connectivity index (χ4n) is 2.26. The van der Waals surface area contributed by atoms with Crippen molar-refractivity contribution in [1.29, 1.82) is 0 Å². The van der Waals surface area contributed by atoms with E-state index in [2.05, 4.69) is 0 Å². The number of benzene rings is 1. The van der Waals surface area contributed by atoms with E-state index in [-0.39, 0.29) is 30.9 Å². The number of amides is 1. The molecular weight excluding hydrogens is 268 g/mol. The number of rotatable bonds is 4. The van der Waals surface area contributed by atoms with Crippen LogP contribution in [0.2, 0.25) is 0 Å². The minimum Gasteiger partial charge on any atom is -0.480 e. The Morgan fingerprint density at radius 3 is 2.63 bits per heavy atom. The van der Waals surface area contributed by atoms with Crippen LogP contribution >= 0.6 is 12.4 Å². The van der Waals surface area contributed by atoms with Gasteiger partial charge in [0.1, 0.15) is 0 Å². The Morgan fingerprint density at radius 1 is 1.42 bits per heavy atom. The summed E-state index contributed by atoms with van der Waals surface area (Å²) in [6.07, 6.45) is 0.664. The molecule has 1 amide bonds. The zero-order valence-corrected chi connectivity index (χ0v) is 11.5. The monoisotopic (exact) mass is 284 g/mol. The average Bonchev–Trinajstić information content (AvgIpc) is 2.71. The molecule has 1 aliphatic heterocycles. The third kappa shape index (κ3) is 3.45. The van der Waals surface area contributed by atoms with Crippen LogP contribution in [0.5, 0.6) is 0 Å². The highest BCUT2D eigenvalue weighted by molar-refractivity contribution is 5.99. The zero-order chi connectivity index (χ0) is 13.1. The number of halogens is 1. The molecule has 104 valence electrons. The summed E-state index contributed by atoms with van der Waals surface area (Å²) in [5, 5.41) is 8.75. The van der Waals surface area contributed by atoms with Crippen LogP contribution in [0.4, 0.5) is 5.69 Å². The van der Waals surface area contributed by atoms with E-state index in [9.17, 15) is 9.59 Å². The number of carbonyl (C=O) groups excluding carboxylic acids is 1. The Hall–Kier alpha value is -1.59. The number of hydrogen-bond donors (Lipinski definition) is 1. The normalized spacial score (nSPS) is 18.5. The molecule has 1 aromatic rings. The van der Waals surface area contributed by atoms with Gasteiger partial charge in [-0.15, -0.1) is 12.4 Å². The van der Waals surface area contributed by atoms with Crippen LogP contribution in [0, 0.1) is 0 Å². The van der Waals surface area contributed by atoms with Crippen molar-refractivity contribution in [2.24, 2.45) is 0 Å². The maximum absolute atomic E-state index is 12.2. The van der Waals surface area contributed by atoms with Crippen molar-refractivity contribution in [3.63, 3.8) is 0 Å². The molecule has 1 aromatic carbocycles. The number of para-hydroxylation sites is 1. The van der Waals surface area contributed by atoms with Crippen molar-refractivity contribution in [3.8, 4) is 0 Å². The second-order valence-corrected chi connectivity index (χ2v) is 4.44. The smallest absolute Gasteiger partial charge is 0.317 e. The Balaban J connectivity index is 0.00000180. The van der Waals surface area contributed by atoms with Crippen LogP contribution < -0.4 is 4.90 Å². The summed E-state index contributed by atoms with van der Waals surface area (Å²) in [6.45, 7) is 0.524. The van der Waals surface area contributed by atoms with Gasteiger partial charge in [0, 0.05) is 12.2 Å². The van der Waals surface area contributed by atoms with Gasteiger partial charge in [-0.3, -0.25) is 14.5 Å². The van der Waals surface area contributed by atoms with Crippen LogP contribution in [0.25, 0.3) is 0 Å². The lowest BCUT2D eigenvalue weighted by Gasteiger charge is -2.22. The first kappa shape index (κ1) is 15.5. The Kier molecular flexibility index (Phi) is 5.32. The van der Waals surface area contributed by atoms with Gasteiger partial charge in [-0.25, -0.2) is 0 Å². The first-order chi connectivity index (χ1) is 8.59. The summed E-state index contributed by atoms with van der Waals surface area (Å²) in [7, 11) is 1.67. The second-order valence-electron chi connectivity index (χ2n) is 4.44. The van der Waals surface area contributed by atoms with Gasteiger partial charge in [-0.2, -0.15) is 0 Å². The molecule has 6 heteroatoms. The van der Waals surface area contributed by atoms with Gasteiger partial charge < -0.3 is 10.0 Å². The number of anilines is 1. The van der Waals surface area contributed by atoms with Crippen LogP contribution in [-0.2, 0) is 9.59 Å². The molecule has 1 atom stereocenters. The molecule has 0 radical (unpaired) electrons. The summed E-state index contributed by atoms with van der Waals surface area (Å²) >= 11 is 0. The Bertz CT molecular complexity index is 452. The molecule has 1 aliphatic rings. The highest BCUT2D eigenvalue weighted by Crippen LogP contribution is 2.23. The van der Waals surface area contributed by atoms with E-state index in [0.29, 0.717) is 13.0 Å². The number of likely N-dealkylation sites (N-methyl/N-ethyl adjacent to an activating group) is 1. The molecule has 1 heterocycles. The van der Waals surface area contributed by atoms with Gasteiger partial charge in [0.25, 0.3) is 0 Å². The van der Waals surface area contributed by atoms with Crippen molar-refractivity contribution < 1.29 is 14.7 Å². The number of nitrogens with zero attached hydrogens (tertiary/aromatic N) is 2. The van der Waals surface area contributed by atoms with Crippen LogP contribution in [0.1, 0.15) is 6.42 Å². The van der Waals surface area contributed by atoms with Crippen molar-refractivity contribution in [2.75, 3.05) is 25.0 Å². The van der Waals surface area contributed by atoms with Gasteiger partial charge >= 0.3 is 5.97 Å². The third-order valence-electron chi connectivity index (χ3n) is 3.16. The number of carboxylic acids is 1. The van der Waals surface area contributed by atoms with Crippen molar-refractivity contribution in [1.82, 2.24) is 4.90 Å². The van der Waals surface area contributed by atoms with Crippen LogP contribution in [0.15, 0.2) is 30.3 Å². The summed E-state index contributed by atoms with van der Waals surface area (Å²) in [5.41, 5.74) is 0.869. The second kappa shape index (κ2) is 6.54. The number of aliphatic carboxylic acids is 1.